The number of carbonyl (C=O) groups is 3. The summed E-state index contributed by atoms with van der Waals surface area (Å²) >= 11 is 0. The summed E-state index contributed by atoms with van der Waals surface area (Å²) in [6.45, 7) is 2.78. The van der Waals surface area contributed by atoms with Crippen LogP contribution in [0.15, 0.2) is 4.99 Å². The summed E-state index contributed by atoms with van der Waals surface area (Å²) in [5, 5.41) is 2.69. The van der Waals surface area contributed by atoms with Crippen molar-refractivity contribution in [2.24, 2.45) is 16.5 Å². The first-order valence-electron chi connectivity index (χ1n) is 7.60. The average molecular weight is 311 g/mol. The predicted molar refractivity (Wildman–Crippen MR) is 82.9 cm³/mol. The number of hydrogen-bond donors (Lipinski definition) is 3. The average Bonchev–Trinajstić information content (AvgIpc) is 2.98. The van der Waals surface area contributed by atoms with E-state index in [0.717, 1.165) is 6.42 Å². The third kappa shape index (κ3) is 5.34. The molecule has 1 aliphatic rings. The molecule has 1 aliphatic heterocycles. The second kappa shape index (κ2) is 9.01. The van der Waals surface area contributed by atoms with Crippen molar-refractivity contribution in [3.05, 3.63) is 0 Å². The second-order valence-corrected chi connectivity index (χ2v) is 5.30. The number of amides is 2. The Morgan fingerprint density at radius 3 is 2.77 bits per heavy atom. The van der Waals surface area contributed by atoms with Crippen LogP contribution in [-0.2, 0) is 14.4 Å². The molecule has 2 atom stereocenters. The van der Waals surface area contributed by atoms with Gasteiger partial charge in [-0.2, -0.15) is 0 Å². The van der Waals surface area contributed by atoms with Gasteiger partial charge >= 0.3 is 0 Å². The van der Waals surface area contributed by atoms with Gasteiger partial charge in [0.15, 0.2) is 5.96 Å². The summed E-state index contributed by atoms with van der Waals surface area (Å²) in [7, 11) is 0. The van der Waals surface area contributed by atoms with Gasteiger partial charge in [-0.05, 0) is 25.7 Å². The van der Waals surface area contributed by atoms with E-state index in [1.54, 1.807) is 11.8 Å². The van der Waals surface area contributed by atoms with E-state index < -0.39 is 12.1 Å². The molecule has 0 aromatic rings. The Morgan fingerprint density at radius 2 is 2.18 bits per heavy atom. The normalized spacial score (nSPS) is 18.6. The minimum absolute atomic E-state index is 0.00589. The van der Waals surface area contributed by atoms with Gasteiger partial charge in [0.2, 0.25) is 11.8 Å². The van der Waals surface area contributed by atoms with Crippen LogP contribution >= 0.6 is 0 Å². The molecule has 1 saturated heterocycles. The van der Waals surface area contributed by atoms with E-state index in [4.69, 9.17) is 11.5 Å². The van der Waals surface area contributed by atoms with Gasteiger partial charge in [-0.1, -0.05) is 6.92 Å². The summed E-state index contributed by atoms with van der Waals surface area (Å²) < 4.78 is 0. The summed E-state index contributed by atoms with van der Waals surface area (Å²) in [6, 6.07) is -1.05. The molecule has 1 rings (SSSR count). The number of aldehydes is 1. The molecule has 0 aliphatic carbocycles. The molecule has 22 heavy (non-hydrogen) atoms. The lowest BCUT2D eigenvalue weighted by Gasteiger charge is -2.24. The zero-order chi connectivity index (χ0) is 16.5. The Balaban J connectivity index is 2.48. The van der Waals surface area contributed by atoms with Crippen LogP contribution in [0.4, 0.5) is 0 Å². The van der Waals surface area contributed by atoms with E-state index in [-0.39, 0.29) is 17.8 Å². The van der Waals surface area contributed by atoms with Crippen molar-refractivity contribution < 1.29 is 14.4 Å². The predicted octanol–water partition coefficient (Wildman–Crippen LogP) is -0.875. The zero-order valence-corrected chi connectivity index (χ0v) is 13.0. The van der Waals surface area contributed by atoms with Crippen LogP contribution in [0.2, 0.25) is 0 Å². The van der Waals surface area contributed by atoms with Crippen LogP contribution in [0.5, 0.6) is 0 Å². The maximum Gasteiger partial charge on any atom is 0.243 e. The molecule has 2 amide bonds. The van der Waals surface area contributed by atoms with E-state index in [0.29, 0.717) is 45.1 Å². The zero-order valence-electron chi connectivity index (χ0n) is 13.0. The Morgan fingerprint density at radius 1 is 1.45 bits per heavy atom. The van der Waals surface area contributed by atoms with Crippen LogP contribution in [0, 0.1) is 0 Å². The molecule has 1 fully saturated rings. The largest absolute Gasteiger partial charge is 0.370 e. The van der Waals surface area contributed by atoms with Crippen molar-refractivity contribution in [1.29, 1.82) is 0 Å². The fraction of sp³-hybridized carbons (Fsp3) is 0.714. The highest BCUT2D eigenvalue weighted by molar-refractivity contribution is 5.89. The number of carbonyl (C=O) groups excluding carboxylic acids is 3. The van der Waals surface area contributed by atoms with Crippen molar-refractivity contribution in [3.8, 4) is 0 Å². The fourth-order valence-corrected chi connectivity index (χ4v) is 2.51. The summed E-state index contributed by atoms with van der Waals surface area (Å²) in [4.78, 5) is 40.5. The van der Waals surface area contributed by atoms with Crippen molar-refractivity contribution in [2.45, 2.75) is 51.1 Å². The number of likely N-dealkylation sites (tertiary alicyclic amines) is 1. The number of aliphatic imine (C=N–C) groups is 1. The molecule has 124 valence electrons. The SMILES string of the molecule is CCC(=O)N1CCC[C@H]1C(=O)N[C@H](C=O)CCCN=C(N)N. The van der Waals surface area contributed by atoms with Crippen molar-refractivity contribution in [3.63, 3.8) is 0 Å². The molecule has 0 bridgehead atoms. The van der Waals surface area contributed by atoms with Gasteiger partial charge < -0.3 is 26.5 Å². The van der Waals surface area contributed by atoms with E-state index in [1.807, 2.05) is 0 Å². The van der Waals surface area contributed by atoms with Gasteiger partial charge in [0.05, 0.1) is 6.04 Å². The van der Waals surface area contributed by atoms with Crippen LogP contribution in [-0.4, -0.2) is 54.1 Å². The van der Waals surface area contributed by atoms with Gasteiger partial charge in [-0.3, -0.25) is 14.6 Å². The lowest BCUT2D eigenvalue weighted by Crippen LogP contribution is -2.49. The standard InChI is InChI=1S/C14H25N5O3/c1-2-12(21)19-8-4-6-11(19)13(22)18-10(9-20)5-3-7-17-14(15)16/h9-11H,2-8H2,1H3,(H,18,22)(H4,15,16,17)/t10-,11-/m0/s1. The van der Waals surface area contributed by atoms with Crippen LogP contribution < -0.4 is 16.8 Å². The Labute approximate surface area is 130 Å². The molecule has 0 unspecified atom stereocenters. The first kappa shape index (κ1) is 17.9. The van der Waals surface area contributed by atoms with Crippen molar-refractivity contribution >= 4 is 24.1 Å². The number of nitrogens with two attached hydrogens (primary N) is 2. The molecule has 5 N–H and O–H groups in total. The molecule has 0 aromatic carbocycles. The Kier molecular flexibility index (Phi) is 7.34. The van der Waals surface area contributed by atoms with Gasteiger partial charge in [0, 0.05) is 19.5 Å². The molecule has 0 aromatic heterocycles. The highest BCUT2D eigenvalue weighted by Gasteiger charge is 2.33. The summed E-state index contributed by atoms with van der Waals surface area (Å²) in [5.74, 6) is -0.294. The number of guanidine groups is 1. The molecule has 8 heteroatoms. The monoisotopic (exact) mass is 311 g/mol. The number of hydrogen-bond acceptors (Lipinski definition) is 4. The quantitative estimate of drug-likeness (QED) is 0.232. The van der Waals surface area contributed by atoms with E-state index in [9.17, 15) is 14.4 Å². The summed E-state index contributed by atoms with van der Waals surface area (Å²) in [6.07, 6.45) is 3.56. The second-order valence-electron chi connectivity index (χ2n) is 5.30. The summed E-state index contributed by atoms with van der Waals surface area (Å²) in [5.41, 5.74) is 10.4. The fourth-order valence-electron chi connectivity index (χ4n) is 2.51. The molecule has 0 radical (unpaired) electrons. The van der Waals surface area contributed by atoms with Crippen LogP contribution in [0.3, 0.4) is 0 Å². The number of nitrogens with one attached hydrogen (secondary N) is 1. The van der Waals surface area contributed by atoms with E-state index in [2.05, 4.69) is 10.3 Å². The third-order valence-corrected chi connectivity index (χ3v) is 3.64. The minimum Gasteiger partial charge on any atom is -0.370 e. The first-order chi connectivity index (χ1) is 10.5. The van der Waals surface area contributed by atoms with Gasteiger partial charge in [-0.25, -0.2) is 0 Å². The molecule has 1 heterocycles. The number of nitrogens with zero attached hydrogens (tertiary/aromatic N) is 2. The van der Waals surface area contributed by atoms with Crippen LogP contribution in [0.25, 0.3) is 0 Å². The first-order valence-corrected chi connectivity index (χ1v) is 7.60. The van der Waals surface area contributed by atoms with Crippen molar-refractivity contribution in [2.75, 3.05) is 13.1 Å². The topological polar surface area (TPSA) is 131 Å². The molecule has 8 nitrogen and oxygen atoms in total. The molecule has 0 spiro atoms. The minimum atomic E-state index is -0.583. The number of rotatable bonds is 8. The Bertz CT molecular complexity index is 434. The smallest absolute Gasteiger partial charge is 0.243 e. The Hall–Kier alpha value is -2.12. The lowest BCUT2D eigenvalue weighted by molar-refractivity contribution is -0.138. The lowest BCUT2D eigenvalue weighted by atomic mass is 10.1. The maximum atomic E-state index is 12.3. The molecule has 0 saturated carbocycles. The van der Waals surface area contributed by atoms with E-state index in [1.165, 1.54) is 0 Å². The van der Waals surface area contributed by atoms with Crippen molar-refractivity contribution in [1.82, 2.24) is 10.2 Å². The van der Waals surface area contributed by atoms with Crippen LogP contribution in [0.1, 0.15) is 39.0 Å². The molecular formula is C14H25N5O3. The highest BCUT2D eigenvalue weighted by Crippen LogP contribution is 2.18. The van der Waals surface area contributed by atoms with Gasteiger partial charge in [0.1, 0.15) is 12.3 Å². The van der Waals surface area contributed by atoms with Gasteiger partial charge in [-0.15, -0.1) is 0 Å². The molecular weight excluding hydrogens is 286 g/mol. The van der Waals surface area contributed by atoms with E-state index >= 15 is 0 Å². The van der Waals surface area contributed by atoms with Gasteiger partial charge in [0.25, 0.3) is 0 Å². The maximum absolute atomic E-state index is 12.3. The highest BCUT2D eigenvalue weighted by atomic mass is 16.2. The third-order valence-electron chi connectivity index (χ3n) is 3.64.